The molecule has 2 saturated heterocycles. The molecule has 0 amide bonds. The number of methoxy groups -OCH3 is 1. The Kier molecular flexibility index (Phi) is 6.35. The van der Waals surface area contributed by atoms with Crippen LogP contribution in [0.1, 0.15) is 36.4 Å². The molecule has 212 valence electrons. The first-order valence-corrected chi connectivity index (χ1v) is 13.7. The molecular weight excluding hydrogens is 530 g/mol. The predicted molar refractivity (Wildman–Crippen MR) is 148 cm³/mol. The second-order valence-electron chi connectivity index (χ2n) is 10.9. The fraction of sp³-hybridized carbons (Fsp3) is 0.367. The van der Waals surface area contributed by atoms with E-state index < -0.39 is 17.7 Å². The Bertz CT molecular complexity index is 1610. The molecule has 2 aromatic heterocycles. The molecule has 3 aliphatic rings. The highest BCUT2D eigenvalue weighted by Crippen LogP contribution is 2.61. The third-order valence-corrected chi connectivity index (χ3v) is 8.52. The van der Waals surface area contributed by atoms with E-state index in [0.29, 0.717) is 36.3 Å². The van der Waals surface area contributed by atoms with Crippen molar-refractivity contribution in [3.05, 3.63) is 77.9 Å². The van der Waals surface area contributed by atoms with E-state index in [4.69, 9.17) is 14.3 Å². The number of anilines is 3. The maximum Gasteiger partial charge on any atom is 0.164 e. The topological polar surface area (TPSA) is 86.6 Å². The molecule has 41 heavy (non-hydrogen) atoms. The van der Waals surface area contributed by atoms with Crippen LogP contribution in [0.4, 0.5) is 26.1 Å². The standard InChI is InChI=1S/C30H30F2N6O3/c1-37-15-18(14-35-37)21-10-24(26(39-2)11-22(21)30-7-9-40-16-19(30)13-30)36-27-12-28(34-17-33-27)38-25(6-8-41-38)20-4-3-5-23(31)29(20)32/h3-5,10-12,14-15,17,19,25H,6-9,13,16H2,1-2H3,(H,33,34,36)/t19?,25-,30?/m1/s1. The van der Waals surface area contributed by atoms with Crippen LogP contribution in [0.5, 0.6) is 5.75 Å². The molecule has 7 rings (SSSR count). The largest absolute Gasteiger partial charge is 0.495 e. The number of aryl methyl sites for hydroxylation is 1. The van der Waals surface area contributed by atoms with Crippen LogP contribution in [0.25, 0.3) is 11.1 Å². The third-order valence-electron chi connectivity index (χ3n) is 8.52. The van der Waals surface area contributed by atoms with Crippen molar-refractivity contribution in [2.24, 2.45) is 13.0 Å². The van der Waals surface area contributed by atoms with E-state index in [1.54, 1.807) is 23.9 Å². The normalized spacial score (nSPS) is 23.4. The first-order valence-electron chi connectivity index (χ1n) is 13.7. The van der Waals surface area contributed by atoms with Crippen LogP contribution in [0.3, 0.4) is 0 Å². The summed E-state index contributed by atoms with van der Waals surface area (Å²) in [7, 11) is 3.56. The molecule has 11 heteroatoms. The van der Waals surface area contributed by atoms with E-state index in [1.807, 2.05) is 19.4 Å². The lowest BCUT2D eigenvalue weighted by atomic mass is 9.83. The van der Waals surface area contributed by atoms with Crippen molar-refractivity contribution < 1.29 is 23.1 Å². The quantitative estimate of drug-likeness (QED) is 0.319. The van der Waals surface area contributed by atoms with E-state index in [9.17, 15) is 8.78 Å². The van der Waals surface area contributed by atoms with Crippen molar-refractivity contribution in [3.8, 4) is 16.9 Å². The van der Waals surface area contributed by atoms with E-state index in [2.05, 4.69) is 32.5 Å². The number of halogens is 2. The van der Waals surface area contributed by atoms with Crippen LogP contribution in [-0.4, -0.2) is 46.7 Å². The molecule has 2 aliphatic heterocycles. The van der Waals surface area contributed by atoms with Crippen molar-refractivity contribution >= 4 is 17.3 Å². The molecular formula is C30H30F2N6O3. The first kappa shape index (κ1) is 25.8. The Morgan fingerprint density at radius 2 is 2.05 bits per heavy atom. The Hall–Kier alpha value is -4.09. The van der Waals surface area contributed by atoms with Gasteiger partial charge in [-0.25, -0.2) is 23.8 Å². The third kappa shape index (κ3) is 4.49. The lowest BCUT2D eigenvalue weighted by molar-refractivity contribution is 0.0803. The summed E-state index contributed by atoms with van der Waals surface area (Å²) in [4.78, 5) is 14.6. The number of aromatic nitrogens is 4. The summed E-state index contributed by atoms with van der Waals surface area (Å²) in [5, 5.41) is 9.33. The molecule has 4 heterocycles. The van der Waals surface area contributed by atoms with Crippen molar-refractivity contribution in [3.63, 3.8) is 0 Å². The van der Waals surface area contributed by atoms with Gasteiger partial charge in [0.05, 0.1) is 38.2 Å². The van der Waals surface area contributed by atoms with Crippen LogP contribution in [0.2, 0.25) is 0 Å². The molecule has 1 aliphatic carbocycles. The Morgan fingerprint density at radius 3 is 2.85 bits per heavy atom. The Morgan fingerprint density at radius 1 is 1.15 bits per heavy atom. The second kappa shape index (κ2) is 10.1. The van der Waals surface area contributed by atoms with Gasteiger partial charge < -0.3 is 14.8 Å². The molecule has 1 saturated carbocycles. The molecule has 3 atom stereocenters. The highest BCUT2D eigenvalue weighted by Gasteiger charge is 2.57. The van der Waals surface area contributed by atoms with Crippen LogP contribution in [-0.2, 0) is 22.0 Å². The molecule has 1 N–H and O–H groups in total. The number of hydrogen-bond donors (Lipinski definition) is 1. The highest BCUT2D eigenvalue weighted by molar-refractivity contribution is 5.79. The lowest BCUT2D eigenvalue weighted by Gasteiger charge is -2.27. The lowest BCUT2D eigenvalue weighted by Crippen LogP contribution is -2.23. The summed E-state index contributed by atoms with van der Waals surface area (Å²) in [6.45, 7) is 1.87. The summed E-state index contributed by atoms with van der Waals surface area (Å²) < 4.78 is 42.0. The van der Waals surface area contributed by atoms with Gasteiger partial charge in [0, 0.05) is 48.9 Å². The van der Waals surface area contributed by atoms with Gasteiger partial charge in [0.25, 0.3) is 0 Å². The van der Waals surface area contributed by atoms with Crippen molar-refractivity contribution in [1.82, 2.24) is 19.7 Å². The van der Waals surface area contributed by atoms with Gasteiger partial charge in [0.2, 0.25) is 0 Å². The molecule has 3 fully saturated rings. The number of rotatable bonds is 7. The minimum absolute atomic E-state index is 0.0750. The number of hydroxylamine groups is 1. The molecule has 2 aromatic carbocycles. The van der Waals surface area contributed by atoms with Gasteiger partial charge in [-0.05, 0) is 48.1 Å². The van der Waals surface area contributed by atoms with Gasteiger partial charge in [-0.2, -0.15) is 5.10 Å². The average molecular weight is 561 g/mol. The van der Waals surface area contributed by atoms with Crippen molar-refractivity contribution in [2.45, 2.75) is 30.7 Å². The summed E-state index contributed by atoms with van der Waals surface area (Å²) in [5.74, 6) is 0.346. The Labute approximate surface area is 236 Å². The van der Waals surface area contributed by atoms with Gasteiger partial charge in [0.1, 0.15) is 17.9 Å². The van der Waals surface area contributed by atoms with E-state index in [-0.39, 0.29) is 11.0 Å². The highest BCUT2D eigenvalue weighted by atomic mass is 19.2. The predicted octanol–water partition coefficient (Wildman–Crippen LogP) is 5.47. The molecule has 0 radical (unpaired) electrons. The maximum absolute atomic E-state index is 14.6. The van der Waals surface area contributed by atoms with E-state index in [0.717, 1.165) is 48.9 Å². The fourth-order valence-corrected chi connectivity index (χ4v) is 6.34. The number of hydrogen-bond acceptors (Lipinski definition) is 8. The molecule has 0 bridgehead atoms. The summed E-state index contributed by atoms with van der Waals surface area (Å²) in [6, 6.07) is 9.59. The maximum atomic E-state index is 14.6. The van der Waals surface area contributed by atoms with Crippen molar-refractivity contribution in [2.75, 3.05) is 37.3 Å². The minimum Gasteiger partial charge on any atom is -0.495 e. The Balaban J connectivity index is 1.24. The zero-order valence-electron chi connectivity index (χ0n) is 22.8. The summed E-state index contributed by atoms with van der Waals surface area (Å²) >= 11 is 0. The molecule has 0 spiro atoms. The zero-order chi connectivity index (χ0) is 28.1. The summed E-state index contributed by atoms with van der Waals surface area (Å²) in [6.07, 6.45) is 7.86. The molecule has 4 aromatic rings. The zero-order valence-corrected chi connectivity index (χ0v) is 22.8. The van der Waals surface area contributed by atoms with Gasteiger partial charge in [0.15, 0.2) is 17.5 Å². The van der Waals surface area contributed by atoms with Crippen LogP contribution in [0, 0.1) is 17.6 Å². The van der Waals surface area contributed by atoms with Gasteiger partial charge in [-0.15, -0.1) is 0 Å². The van der Waals surface area contributed by atoms with E-state index in [1.165, 1.54) is 23.0 Å². The number of nitrogens with one attached hydrogen (secondary N) is 1. The average Bonchev–Trinajstić information content (AvgIpc) is 3.27. The van der Waals surface area contributed by atoms with Crippen LogP contribution < -0.4 is 15.1 Å². The smallest absolute Gasteiger partial charge is 0.164 e. The monoisotopic (exact) mass is 560 g/mol. The van der Waals surface area contributed by atoms with Gasteiger partial charge in [-0.1, -0.05) is 12.1 Å². The SMILES string of the molecule is COc1cc(C23CCOCC2C3)c(-c2cnn(C)c2)cc1Nc1cc(N2OCC[C@@H]2c2cccc(F)c2F)ncn1. The molecule has 2 unspecified atom stereocenters. The second-order valence-corrected chi connectivity index (χ2v) is 10.9. The number of fused-ring (bicyclic) bond motifs is 1. The van der Waals surface area contributed by atoms with Crippen LogP contribution >= 0.6 is 0 Å². The summed E-state index contributed by atoms with van der Waals surface area (Å²) in [5.41, 5.74) is 4.38. The van der Waals surface area contributed by atoms with Crippen molar-refractivity contribution in [1.29, 1.82) is 0 Å². The van der Waals surface area contributed by atoms with Crippen LogP contribution in [0.15, 0.2) is 55.1 Å². The number of ether oxygens (including phenoxy) is 2. The van der Waals surface area contributed by atoms with E-state index >= 15 is 0 Å². The van der Waals surface area contributed by atoms with Gasteiger partial charge in [-0.3, -0.25) is 9.52 Å². The number of nitrogens with zero attached hydrogens (tertiary/aromatic N) is 5. The van der Waals surface area contributed by atoms with Gasteiger partial charge >= 0.3 is 0 Å². The first-order chi connectivity index (χ1) is 20.0. The number of benzene rings is 2. The molecule has 9 nitrogen and oxygen atoms in total. The minimum atomic E-state index is -0.892. The fourth-order valence-electron chi connectivity index (χ4n) is 6.34.